The number of nitrogens with zero attached hydrogens (tertiary/aromatic N) is 4. The van der Waals surface area contributed by atoms with E-state index in [0.717, 1.165) is 42.6 Å². The molecule has 1 fully saturated rings. The molecule has 0 spiro atoms. The molecule has 156 valence electrons. The highest BCUT2D eigenvalue weighted by atomic mass is 32.1. The minimum atomic E-state index is -0.222. The molecule has 6 nitrogen and oxygen atoms in total. The minimum Gasteiger partial charge on any atom is -0.354 e. The molecule has 0 atom stereocenters. The first-order chi connectivity index (χ1) is 14.6. The highest BCUT2D eigenvalue weighted by Crippen LogP contribution is 2.26. The van der Waals surface area contributed by atoms with Gasteiger partial charge in [-0.05, 0) is 30.7 Å². The molecular formula is C22H24FN5OS. The van der Waals surface area contributed by atoms with Crippen molar-refractivity contribution in [3.63, 3.8) is 0 Å². The van der Waals surface area contributed by atoms with Crippen LogP contribution in [-0.4, -0.2) is 53.5 Å². The molecule has 1 aliphatic rings. The van der Waals surface area contributed by atoms with E-state index in [-0.39, 0.29) is 11.7 Å². The summed E-state index contributed by atoms with van der Waals surface area (Å²) in [6, 6.07) is 12.6. The third kappa shape index (κ3) is 5.01. The maximum absolute atomic E-state index is 13.9. The zero-order valence-electron chi connectivity index (χ0n) is 16.8. The lowest BCUT2D eigenvalue weighted by Crippen LogP contribution is -2.48. The normalized spacial score (nSPS) is 14.7. The summed E-state index contributed by atoms with van der Waals surface area (Å²) in [5, 5.41) is 3.47. The lowest BCUT2D eigenvalue weighted by atomic mass is 10.1. The van der Waals surface area contributed by atoms with Crippen molar-refractivity contribution in [3.05, 3.63) is 70.6 Å². The predicted octanol–water partition coefficient (Wildman–Crippen LogP) is 3.34. The Kier molecular flexibility index (Phi) is 6.35. The molecule has 1 N–H and O–H groups in total. The number of nitrogens with one attached hydrogen (secondary N) is 1. The van der Waals surface area contributed by atoms with Gasteiger partial charge in [0.1, 0.15) is 11.6 Å². The SMILES string of the molecule is Cc1nc(NC(=O)CN2CCN(c3ccccn3)CC2)sc1Cc1ccccc1F. The molecule has 8 heteroatoms. The molecule has 1 aliphatic heterocycles. The summed E-state index contributed by atoms with van der Waals surface area (Å²) < 4.78 is 13.9. The summed E-state index contributed by atoms with van der Waals surface area (Å²) in [7, 11) is 0. The average Bonchev–Trinajstić information content (AvgIpc) is 3.09. The van der Waals surface area contributed by atoms with E-state index in [1.807, 2.05) is 31.2 Å². The monoisotopic (exact) mass is 425 g/mol. The molecule has 0 bridgehead atoms. The number of pyridine rings is 1. The molecule has 0 radical (unpaired) electrons. The van der Waals surface area contributed by atoms with Crippen molar-refractivity contribution < 1.29 is 9.18 Å². The number of hydrogen-bond donors (Lipinski definition) is 1. The van der Waals surface area contributed by atoms with Gasteiger partial charge < -0.3 is 10.2 Å². The van der Waals surface area contributed by atoms with Crippen molar-refractivity contribution >= 4 is 28.2 Å². The fraction of sp³-hybridized carbons (Fsp3) is 0.318. The average molecular weight is 426 g/mol. The van der Waals surface area contributed by atoms with Gasteiger partial charge in [0.2, 0.25) is 5.91 Å². The van der Waals surface area contributed by atoms with Crippen LogP contribution in [0.2, 0.25) is 0 Å². The standard InChI is InChI=1S/C22H24FN5OS/c1-16-19(14-17-6-2-3-7-18(17)23)30-22(25-16)26-21(29)15-27-10-12-28(13-11-27)20-8-4-5-9-24-20/h2-9H,10-15H2,1H3,(H,25,26,29). The van der Waals surface area contributed by atoms with Crippen LogP contribution in [0.25, 0.3) is 0 Å². The fourth-order valence-corrected chi connectivity index (χ4v) is 4.50. The van der Waals surface area contributed by atoms with Gasteiger partial charge in [0.15, 0.2) is 5.13 Å². The summed E-state index contributed by atoms with van der Waals surface area (Å²) in [5.74, 6) is 0.676. The molecule has 1 saturated heterocycles. The van der Waals surface area contributed by atoms with Crippen molar-refractivity contribution in [2.45, 2.75) is 13.3 Å². The van der Waals surface area contributed by atoms with Crippen LogP contribution in [-0.2, 0) is 11.2 Å². The van der Waals surface area contributed by atoms with Crippen LogP contribution in [0.15, 0.2) is 48.7 Å². The lowest BCUT2D eigenvalue weighted by molar-refractivity contribution is -0.117. The van der Waals surface area contributed by atoms with E-state index in [0.29, 0.717) is 23.7 Å². The van der Waals surface area contributed by atoms with E-state index in [2.05, 4.69) is 25.1 Å². The molecule has 1 amide bonds. The third-order valence-corrected chi connectivity index (χ3v) is 6.23. The van der Waals surface area contributed by atoms with Crippen LogP contribution in [0, 0.1) is 12.7 Å². The van der Waals surface area contributed by atoms with E-state index in [1.54, 1.807) is 18.3 Å². The van der Waals surface area contributed by atoms with Crippen LogP contribution >= 0.6 is 11.3 Å². The number of amides is 1. The topological polar surface area (TPSA) is 61.4 Å². The number of piperazine rings is 1. The number of aromatic nitrogens is 2. The maximum Gasteiger partial charge on any atom is 0.240 e. The number of rotatable bonds is 6. The number of anilines is 2. The summed E-state index contributed by atoms with van der Waals surface area (Å²) in [5.41, 5.74) is 1.45. The number of benzene rings is 1. The molecule has 2 aromatic heterocycles. The quantitative estimate of drug-likeness (QED) is 0.656. The molecular weight excluding hydrogens is 401 g/mol. The molecule has 0 aliphatic carbocycles. The van der Waals surface area contributed by atoms with Gasteiger partial charge in [0.25, 0.3) is 0 Å². The van der Waals surface area contributed by atoms with E-state index in [9.17, 15) is 9.18 Å². The maximum atomic E-state index is 13.9. The van der Waals surface area contributed by atoms with Gasteiger partial charge in [-0.15, -0.1) is 11.3 Å². The second-order valence-corrected chi connectivity index (χ2v) is 8.38. The highest BCUT2D eigenvalue weighted by molar-refractivity contribution is 7.15. The summed E-state index contributed by atoms with van der Waals surface area (Å²) in [4.78, 5) is 26.7. The first-order valence-corrected chi connectivity index (χ1v) is 10.8. The smallest absolute Gasteiger partial charge is 0.240 e. The van der Waals surface area contributed by atoms with E-state index < -0.39 is 0 Å². The Morgan fingerprint density at radius 1 is 1.13 bits per heavy atom. The van der Waals surface area contributed by atoms with Crippen molar-refractivity contribution in [2.24, 2.45) is 0 Å². The molecule has 3 heterocycles. The molecule has 1 aromatic carbocycles. The second kappa shape index (κ2) is 9.32. The van der Waals surface area contributed by atoms with Crippen LogP contribution < -0.4 is 10.2 Å². The lowest BCUT2D eigenvalue weighted by Gasteiger charge is -2.34. The number of hydrogen-bond acceptors (Lipinski definition) is 6. The number of aryl methyl sites for hydroxylation is 1. The van der Waals surface area contributed by atoms with Gasteiger partial charge >= 0.3 is 0 Å². The van der Waals surface area contributed by atoms with E-state index in [1.165, 1.54) is 17.4 Å². The van der Waals surface area contributed by atoms with Crippen molar-refractivity contribution in [3.8, 4) is 0 Å². The Morgan fingerprint density at radius 3 is 2.63 bits per heavy atom. The van der Waals surface area contributed by atoms with Gasteiger partial charge in [0, 0.05) is 43.7 Å². The molecule has 30 heavy (non-hydrogen) atoms. The Labute approximate surface area is 179 Å². The summed E-state index contributed by atoms with van der Waals surface area (Å²) in [6.07, 6.45) is 2.27. The van der Waals surface area contributed by atoms with Crippen molar-refractivity contribution in [1.29, 1.82) is 0 Å². The van der Waals surface area contributed by atoms with Crippen LogP contribution in [0.4, 0.5) is 15.3 Å². The third-order valence-electron chi connectivity index (χ3n) is 5.16. The first-order valence-electron chi connectivity index (χ1n) is 9.96. The predicted molar refractivity (Wildman–Crippen MR) is 118 cm³/mol. The van der Waals surface area contributed by atoms with Crippen molar-refractivity contribution in [2.75, 3.05) is 42.9 Å². The van der Waals surface area contributed by atoms with E-state index >= 15 is 0 Å². The van der Waals surface area contributed by atoms with Crippen molar-refractivity contribution in [1.82, 2.24) is 14.9 Å². The fourth-order valence-electron chi connectivity index (χ4n) is 3.50. The molecule has 0 saturated carbocycles. The zero-order chi connectivity index (χ0) is 20.9. The minimum absolute atomic E-state index is 0.0764. The Hall–Kier alpha value is -2.84. The first kappa shape index (κ1) is 20.4. The van der Waals surface area contributed by atoms with Crippen LogP contribution in [0.3, 0.4) is 0 Å². The zero-order valence-corrected chi connectivity index (χ0v) is 17.7. The summed E-state index contributed by atoms with van der Waals surface area (Å²) in [6.45, 7) is 5.51. The highest BCUT2D eigenvalue weighted by Gasteiger charge is 2.20. The number of carbonyl (C=O) groups excluding carboxylic acids is 1. The van der Waals surface area contributed by atoms with Gasteiger partial charge in [0.05, 0.1) is 12.2 Å². The van der Waals surface area contributed by atoms with Gasteiger partial charge in [-0.2, -0.15) is 0 Å². The molecule has 3 aromatic rings. The second-order valence-electron chi connectivity index (χ2n) is 7.30. The summed E-state index contributed by atoms with van der Waals surface area (Å²) >= 11 is 1.41. The Morgan fingerprint density at radius 2 is 1.90 bits per heavy atom. The number of carbonyl (C=O) groups is 1. The molecule has 4 rings (SSSR count). The van der Waals surface area contributed by atoms with Crippen LogP contribution in [0.1, 0.15) is 16.1 Å². The van der Waals surface area contributed by atoms with Crippen LogP contribution in [0.5, 0.6) is 0 Å². The van der Waals surface area contributed by atoms with Gasteiger partial charge in [-0.1, -0.05) is 24.3 Å². The van der Waals surface area contributed by atoms with Gasteiger partial charge in [-0.25, -0.2) is 14.4 Å². The number of halogens is 1. The largest absolute Gasteiger partial charge is 0.354 e. The van der Waals surface area contributed by atoms with Gasteiger partial charge in [-0.3, -0.25) is 9.69 Å². The Bertz CT molecular complexity index is 1000. The Balaban J connectivity index is 1.29. The molecule has 0 unspecified atom stereocenters. The van der Waals surface area contributed by atoms with E-state index in [4.69, 9.17) is 0 Å². The number of thiazole rings is 1.